The molecule has 0 aromatic heterocycles. The molecule has 0 saturated heterocycles. The first-order valence-electron chi connectivity index (χ1n) is 4.79. The summed E-state index contributed by atoms with van der Waals surface area (Å²) in [5, 5.41) is 9.93. The molecule has 0 spiro atoms. The monoisotopic (exact) mass is 200 g/mol. The number of rotatable bonds is 2. The molecule has 80 valence electrons. The van der Waals surface area contributed by atoms with Crippen molar-refractivity contribution in [1.29, 1.82) is 0 Å². The third kappa shape index (κ3) is 1.34. The van der Waals surface area contributed by atoms with Crippen molar-refractivity contribution in [2.75, 3.05) is 6.61 Å². The first-order chi connectivity index (χ1) is 6.36. The van der Waals surface area contributed by atoms with Crippen LogP contribution in [0.15, 0.2) is 0 Å². The quantitative estimate of drug-likeness (QED) is 0.665. The highest BCUT2D eigenvalue weighted by Crippen LogP contribution is 2.44. The minimum atomic E-state index is -1.58. The molecule has 0 heterocycles. The number of hydrogen-bond acceptors (Lipinski definition) is 4. The zero-order chi connectivity index (χ0) is 11.0. The van der Waals surface area contributed by atoms with Gasteiger partial charge in [-0.3, -0.25) is 9.59 Å². The SMILES string of the molecule is CCOC(=O)[C@@]1(C)CCC(=O)[C@]1(C)O. The van der Waals surface area contributed by atoms with E-state index in [2.05, 4.69) is 0 Å². The van der Waals surface area contributed by atoms with Gasteiger partial charge in [0, 0.05) is 6.42 Å². The molecule has 1 fully saturated rings. The van der Waals surface area contributed by atoms with Gasteiger partial charge >= 0.3 is 5.97 Å². The predicted octanol–water partition coefficient (Wildman–Crippen LogP) is 0.670. The largest absolute Gasteiger partial charge is 0.465 e. The van der Waals surface area contributed by atoms with E-state index in [9.17, 15) is 14.7 Å². The summed E-state index contributed by atoms with van der Waals surface area (Å²) in [6.07, 6.45) is 0.597. The van der Waals surface area contributed by atoms with E-state index in [-0.39, 0.29) is 18.8 Å². The van der Waals surface area contributed by atoms with Crippen LogP contribution in [-0.2, 0) is 14.3 Å². The Morgan fingerprint density at radius 1 is 1.57 bits per heavy atom. The highest BCUT2D eigenvalue weighted by Gasteiger charge is 2.59. The summed E-state index contributed by atoms with van der Waals surface area (Å²) in [5.41, 5.74) is -2.67. The second kappa shape index (κ2) is 3.35. The lowest BCUT2D eigenvalue weighted by Crippen LogP contribution is -2.49. The Balaban J connectivity index is 2.95. The Morgan fingerprint density at radius 2 is 2.14 bits per heavy atom. The Kier molecular flexibility index (Phi) is 2.67. The van der Waals surface area contributed by atoms with E-state index in [1.807, 2.05) is 0 Å². The van der Waals surface area contributed by atoms with Crippen LogP contribution in [0.1, 0.15) is 33.6 Å². The second-order valence-electron chi connectivity index (χ2n) is 4.05. The van der Waals surface area contributed by atoms with Gasteiger partial charge in [-0.2, -0.15) is 0 Å². The lowest BCUT2D eigenvalue weighted by Gasteiger charge is -2.32. The maximum atomic E-state index is 11.6. The summed E-state index contributed by atoms with van der Waals surface area (Å²) >= 11 is 0. The third-order valence-electron chi connectivity index (χ3n) is 3.20. The van der Waals surface area contributed by atoms with Gasteiger partial charge in [-0.15, -0.1) is 0 Å². The number of esters is 1. The number of hydrogen-bond donors (Lipinski definition) is 1. The molecular weight excluding hydrogens is 184 g/mol. The van der Waals surface area contributed by atoms with Gasteiger partial charge in [0.2, 0.25) is 0 Å². The highest BCUT2D eigenvalue weighted by molar-refractivity contribution is 5.97. The van der Waals surface area contributed by atoms with E-state index in [4.69, 9.17) is 4.74 Å². The van der Waals surface area contributed by atoms with Crippen LogP contribution in [0.4, 0.5) is 0 Å². The molecule has 1 aliphatic carbocycles. The Morgan fingerprint density at radius 3 is 2.50 bits per heavy atom. The molecule has 1 aliphatic rings. The maximum absolute atomic E-state index is 11.6. The van der Waals surface area contributed by atoms with Crippen molar-refractivity contribution in [2.24, 2.45) is 5.41 Å². The Labute approximate surface area is 83.2 Å². The van der Waals surface area contributed by atoms with Crippen LogP contribution in [0.2, 0.25) is 0 Å². The molecule has 14 heavy (non-hydrogen) atoms. The molecule has 1 N–H and O–H groups in total. The summed E-state index contributed by atoms with van der Waals surface area (Å²) in [6, 6.07) is 0. The maximum Gasteiger partial charge on any atom is 0.315 e. The van der Waals surface area contributed by atoms with Crippen molar-refractivity contribution in [3.63, 3.8) is 0 Å². The molecule has 2 atom stereocenters. The second-order valence-corrected chi connectivity index (χ2v) is 4.05. The van der Waals surface area contributed by atoms with Gasteiger partial charge in [-0.1, -0.05) is 0 Å². The molecule has 1 rings (SSSR count). The topological polar surface area (TPSA) is 63.6 Å². The van der Waals surface area contributed by atoms with Crippen molar-refractivity contribution < 1.29 is 19.4 Å². The van der Waals surface area contributed by atoms with Gasteiger partial charge in [0.1, 0.15) is 11.0 Å². The van der Waals surface area contributed by atoms with Crippen LogP contribution < -0.4 is 0 Å². The molecule has 0 unspecified atom stereocenters. The summed E-state index contributed by atoms with van der Waals surface area (Å²) in [7, 11) is 0. The average molecular weight is 200 g/mol. The predicted molar refractivity (Wildman–Crippen MR) is 49.6 cm³/mol. The molecule has 0 radical (unpaired) electrons. The van der Waals surface area contributed by atoms with E-state index < -0.39 is 17.0 Å². The summed E-state index contributed by atoms with van der Waals surface area (Å²) in [6.45, 7) is 4.93. The van der Waals surface area contributed by atoms with Crippen molar-refractivity contribution in [1.82, 2.24) is 0 Å². The van der Waals surface area contributed by atoms with E-state index in [1.165, 1.54) is 6.92 Å². The molecule has 0 amide bonds. The fraction of sp³-hybridized carbons (Fsp3) is 0.800. The van der Waals surface area contributed by atoms with Crippen LogP contribution in [0.25, 0.3) is 0 Å². The van der Waals surface area contributed by atoms with Crippen LogP contribution in [-0.4, -0.2) is 29.1 Å². The summed E-state index contributed by atoms with van der Waals surface area (Å²) in [5.74, 6) is -0.774. The zero-order valence-electron chi connectivity index (χ0n) is 8.79. The molecule has 0 bridgehead atoms. The molecule has 4 heteroatoms. The average Bonchev–Trinajstić information content (AvgIpc) is 2.31. The number of carbonyl (C=O) groups is 2. The van der Waals surface area contributed by atoms with Gasteiger partial charge in [-0.25, -0.2) is 0 Å². The molecule has 0 aromatic carbocycles. The minimum absolute atomic E-state index is 0.238. The number of aliphatic hydroxyl groups is 1. The van der Waals surface area contributed by atoms with Crippen molar-refractivity contribution in [3.05, 3.63) is 0 Å². The molecular formula is C10H16O4. The fourth-order valence-electron chi connectivity index (χ4n) is 1.75. The molecule has 0 aromatic rings. The van der Waals surface area contributed by atoms with Crippen LogP contribution in [0.5, 0.6) is 0 Å². The normalized spacial score (nSPS) is 37.3. The van der Waals surface area contributed by atoms with Gasteiger partial charge in [0.05, 0.1) is 6.61 Å². The van der Waals surface area contributed by atoms with Crippen LogP contribution >= 0.6 is 0 Å². The van der Waals surface area contributed by atoms with E-state index in [1.54, 1.807) is 13.8 Å². The lowest BCUT2D eigenvalue weighted by molar-refractivity contribution is -0.170. The lowest BCUT2D eigenvalue weighted by atomic mass is 9.77. The number of ketones is 1. The minimum Gasteiger partial charge on any atom is -0.465 e. The Hall–Kier alpha value is -0.900. The fourth-order valence-corrected chi connectivity index (χ4v) is 1.75. The number of carbonyl (C=O) groups excluding carboxylic acids is 2. The van der Waals surface area contributed by atoms with Crippen molar-refractivity contribution in [3.8, 4) is 0 Å². The van der Waals surface area contributed by atoms with E-state index in [0.717, 1.165) is 0 Å². The van der Waals surface area contributed by atoms with E-state index in [0.29, 0.717) is 6.42 Å². The first-order valence-corrected chi connectivity index (χ1v) is 4.79. The Bertz CT molecular complexity index is 269. The standard InChI is InChI=1S/C10H16O4/c1-4-14-8(12)9(2)6-5-7(11)10(9,3)13/h13H,4-6H2,1-3H3/t9-,10+/m1/s1. The van der Waals surface area contributed by atoms with E-state index >= 15 is 0 Å². The zero-order valence-corrected chi connectivity index (χ0v) is 8.79. The van der Waals surface area contributed by atoms with Crippen LogP contribution in [0, 0.1) is 5.41 Å². The molecule has 1 saturated carbocycles. The third-order valence-corrected chi connectivity index (χ3v) is 3.20. The van der Waals surface area contributed by atoms with Gasteiger partial charge in [0.15, 0.2) is 5.78 Å². The smallest absolute Gasteiger partial charge is 0.315 e. The molecule has 4 nitrogen and oxygen atoms in total. The number of Topliss-reactive ketones (excluding diaryl/α,β-unsaturated/α-hetero) is 1. The first kappa shape index (κ1) is 11.2. The van der Waals surface area contributed by atoms with Crippen LogP contribution in [0.3, 0.4) is 0 Å². The van der Waals surface area contributed by atoms with Gasteiger partial charge in [0.25, 0.3) is 0 Å². The summed E-state index contributed by atoms with van der Waals surface area (Å²) in [4.78, 5) is 23.0. The summed E-state index contributed by atoms with van der Waals surface area (Å²) < 4.78 is 4.86. The van der Waals surface area contributed by atoms with Crippen molar-refractivity contribution in [2.45, 2.75) is 39.2 Å². The van der Waals surface area contributed by atoms with Gasteiger partial charge < -0.3 is 9.84 Å². The molecule has 0 aliphatic heterocycles. The van der Waals surface area contributed by atoms with Gasteiger partial charge in [-0.05, 0) is 27.2 Å². The highest BCUT2D eigenvalue weighted by atomic mass is 16.5. The van der Waals surface area contributed by atoms with Crippen molar-refractivity contribution >= 4 is 11.8 Å². The number of ether oxygens (including phenoxy) is 1.